The Balaban J connectivity index is 1.35. The first-order valence-electron chi connectivity index (χ1n) is 14.1. The third-order valence-corrected chi connectivity index (χ3v) is 9.41. The third-order valence-electron chi connectivity index (χ3n) is 8.25. The molecule has 3 aromatic heterocycles. The van der Waals surface area contributed by atoms with E-state index in [1.54, 1.807) is 11.3 Å². The van der Waals surface area contributed by atoms with Crippen molar-refractivity contribution in [2.24, 2.45) is 0 Å². The van der Waals surface area contributed by atoms with Gasteiger partial charge in [-0.1, -0.05) is 91.0 Å². The number of fused-ring (bicyclic) bond motifs is 7. The molecule has 0 fully saturated rings. The van der Waals surface area contributed by atoms with Gasteiger partial charge in [0.1, 0.15) is 0 Å². The number of allylic oxidation sites excluding steroid dienone is 2. The first-order chi connectivity index (χ1) is 20.8. The smallest absolute Gasteiger partial charge is 0.162 e. The minimum atomic E-state index is 0.731. The zero-order chi connectivity index (χ0) is 27.6. The van der Waals surface area contributed by atoms with Gasteiger partial charge >= 0.3 is 0 Å². The van der Waals surface area contributed by atoms with Crippen LogP contribution in [0.1, 0.15) is 5.56 Å². The van der Waals surface area contributed by atoms with E-state index in [4.69, 9.17) is 9.97 Å². The standard InChI is InChI=1S/C37H24N4S/c1-2-8-27-22-32-30(21-26(27)7-1)28-9-3-5-11-31(28)41(32)37-35-34(29-10-4-6-12-33(29)42-35)39-36(40-37)25-15-13-23(14-16-25)24-17-19-38-20-18-24/h1-19,21-22,38H,20H2. The quantitative estimate of drug-likeness (QED) is 0.236. The van der Waals surface area contributed by atoms with Crippen molar-refractivity contribution < 1.29 is 0 Å². The maximum Gasteiger partial charge on any atom is 0.162 e. The van der Waals surface area contributed by atoms with Gasteiger partial charge in [0.05, 0.1) is 21.3 Å². The fourth-order valence-electron chi connectivity index (χ4n) is 6.22. The van der Waals surface area contributed by atoms with Crippen molar-refractivity contribution in [3.05, 3.63) is 133 Å². The van der Waals surface area contributed by atoms with E-state index in [-0.39, 0.29) is 0 Å². The third kappa shape index (κ3) is 3.54. The monoisotopic (exact) mass is 556 g/mol. The molecule has 0 bridgehead atoms. The summed E-state index contributed by atoms with van der Waals surface area (Å²) in [6.45, 7) is 0.843. The molecule has 0 amide bonds. The van der Waals surface area contributed by atoms with E-state index in [2.05, 4.69) is 131 Å². The molecule has 198 valence electrons. The Morgan fingerprint density at radius 1 is 0.667 bits per heavy atom. The molecule has 0 spiro atoms. The molecule has 42 heavy (non-hydrogen) atoms. The van der Waals surface area contributed by atoms with Crippen LogP contribution in [0, 0.1) is 0 Å². The van der Waals surface area contributed by atoms with Crippen LogP contribution in [0.15, 0.2) is 128 Å². The molecule has 5 aromatic carbocycles. The molecular formula is C37H24N4S. The summed E-state index contributed by atoms with van der Waals surface area (Å²) in [6.07, 6.45) is 6.32. The summed E-state index contributed by atoms with van der Waals surface area (Å²) in [5, 5.41) is 9.29. The zero-order valence-corrected chi connectivity index (χ0v) is 23.4. The van der Waals surface area contributed by atoms with Crippen LogP contribution in [0.2, 0.25) is 0 Å². The van der Waals surface area contributed by atoms with Gasteiger partial charge in [0.15, 0.2) is 11.6 Å². The molecule has 0 aliphatic carbocycles. The number of nitrogens with zero attached hydrogens (tertiary/aromatic N) is 3. The van der Waals surface area contributed by atoms with Crippen LogP contribution >= 0.6 is 11.3 Å². The van der Waals surface area contributed by atoms with E-state index >= 15 is 0 Å². The molecule has 1 N–H and O–H groups in total. The molecule has 0 radical (unpaired) electrons. The summed E-state index contributed by atoms with van der Waals surface area (Å²) < 4.78 is 4.66. The molecule has 5 heteroatoms. The number of rotatable bonds is 3. The SMILES string of the molecule is C1=CC(c2ccc(-c3nc(-n4c5ccccc5c5cc6ccccc6cc54)c4sc5ccccc5c4n3)cc2)=CCN1. The van der Waals surface area contributed by atoms with E-state index in [9.17, 15) is 0 Å². The molecule has 4 heterocycles. The van der Waals surface area contributed by atoms with E-state index in [0.29, 0.717) is 0 Å². The van der Waals surface area contributed by atoms with Crippen molar-refractivity contribution in [3.8, 4) is 17.2 Å². The van der Waals surface area contributed by atoms with Crippen molar-refractivity contribution in [1.29, 1.82) is 0 Å². The first-order valence-corrected chi connectivity index (χ1v) is 15.0. The number of hydrogen-bond acceptors (Lipinski definition) is 4. The Kier molecular flexibility index (Phi) is 5.10. The molecule has 0 unspecified atom stereocenters. The lowest BCUT2D eigenvalue weighted by molar-refractivity contribution is 0.976. The molecule has 0 saturated heterocycles. The van der Waals surface area contributed by atoms with Crippen molar-refractivity contribution in [2.45, 2.75) is 0 Å². The van der Waals surface area contributed by atoms with E-state index in [1.165, 1.54) is 37.4 Å². The average molecular weight is 557 g/mol. The highest BCUT2D eigenvalue weighted by atomic mass is 32.1. The normalized spacial score (nSPS) is 13.4. The van der Waals surface area contributed by atoms with Gasteiger partial charge < -0.3 is 5.32 Å². The average Bonchev–Trinajstić information content (AvgIpc) is 3.59. The van der Waals surface area contributed by atoms with Gasteiger partial charge in [0.25, 0.3) is 0 Å². The van der Waals surface area contributed by atoms with Gasteiger partial charge in [0.2, 0.25) is 0 Å². The van der Waals surface area contributed by atoms with E-state index in [1.807, 2.05) is 6.20 Å². The second-order valence-electron chi connectivity index (χ2n) is 10.7. The molecule has 0 atom stereocenters. The lowest BCUT2D eigenvalue weighted by Crippen LogP contribution is -2.08. The summed E-state index contributed by atoms with van der Waals surface area (Å²) in [5.41, 5.74) is 6.70. The number of hydrogen-bond donors (Lipinski definition) is 1. The summed E-state index contributed by atoms with van der Waals surface area (Å²) >= 11 is 1.77. The highest BCUT2D eigenvalue weighted by molar-refractivity contribution is 7.26. The van der Waals surface area contributed by atoms with Gasteiger partial charge in [-0.25, -0.2) is 9.97 Å². The molecule has 4 nitrogen and oxygen atoms in total. The number of benzene rings is 5. The minimum Gasteiger partial charge on any atom is -0.387 e. The maximum absolute atomic E-state index is 5.36. The van der Waals surface area contributed by atoms with Crippen molar-refractivity contribution in [3.63, 3.8) is 0 Å². The number of nitrogens with one attached hydrogen (secondary N) is 1. The second kappa shape index (κ2) is 9.13. The molecular weight excluding hydrogens is 533 g/mol. The van der Waals surface area contributed by atoms with Gasteiger partial charge in [-0.2, -0.15) is 0 Å². The van der Waals surface area contributed by atoms with E-state index in [0.717, 1.165) is 50.4 Å². The van der Waals surface area contributed by atoms with Crippen LogP contribution in [0.25, 0.3) is 75.7 Å². The number of para-hydroxylation sites is 1. The van der Waals surface area contributed by atoms with Crippen LogP contribution in [0.4, 0.5) is 0 Å². The Morgan fingerprint density at radius 2 is 1.40 bits per heavy atom. The Hall–Kier alpha value is -5.26. The topological polar surface area (TPSA) is 42.7 Å². The lowest BCUT2D eigenvalue weighted by Gasteiger charge is -2.12. The molecule has 1 aliphatic heterocycles. The van der Waals surface area contributed by atoms with Crippen LogP contribution in [-0.2, 0) is 0 Å². The minimum absolute atomic E-state index is 0.731. The van der Waals surface area contributed by atoms with Gasteiger partial charge in [0, 0.05) is 33.0 Å². The summed E-state index contributed by atoms with van der Waals surface area (Å²) in [5.74, 6) is 1.65. The Bertz CT molecular complexity index is 2410. The van der Waals surface area contributed by atoms with Crippen molar-refractivity contribution in [1.82, 2.24) is 19.9 Å². The van der Waals surface area contributed by atoms with Gasteiger partial charge in [-0.05, 0) is 58.5 Å². The molecule has 9 rings (SSSR count). The predicted octanol–water partition coefficient (Wildman–Crippen LogP) is 9.26. The maximum atomic E-state index is 5.36. The largest absolute Gasteiger partial charge is 0.387 e. The molecule has 8 aromatic rings. The predicted molar refractivity (Wildman–Crippen MR) is 177 cm³/mol. The van der Waals surface area contributed by atoms with Crippen LogP contribution in [0.3, 0.4) is 0 Å². The molecule has 0 saturated carbocycles. The summed E-state index contributed by atoms with van der Waals surface area (Å²) in [7, 11) is 0. The fraction of sp³-hybridized carbons (Fsp3) is 0.0270. The zero-order valence-electron chi connectivity index (χ0n) is 22.6. The van der Waals surface area contributed by atoms with Gasteiger partial charge in [-0.3, -0.25) is 4.57 Å². The highest BCUT2D eigenvalue weighted by Gasteiger charge is 2.21. The van der Waals surface area contributed by atoms with Crippen LogP contribution in [-0.4, -0.2) is 21.1 Å². The first kappa shape index (κ1) is 23.4. The van der Waals surface area contributed by atoms with Crippen molar-refractivity contribution in [2.75, 3.05) is 6.54 Å². The summed E-state index contributed by atoms with van der Waals surface area (Å²) in [6, 6.07) is 39.0. The summed E-state index contributed by atoms with van der Waals surface area (Å²) in [4.78, 5) is 10.6. The Labute approximate surface area is 245 Å². The van der Waals surface area contributed by atoms with Crippen molar-refractivity contribution >= 4 is 69.8 Å². The van der Waals surface area contributed by atoms with E-state index < -0.39 is 0 Å². The van der Waals surface area contributed by atoms with Crippen LogP contribution < -0.4 is 5.32 Å². The number of aromatic nitrogens is 3. The van der Waals surface area contributed by atoms with Gasteiger partial charge in [-0.15, -0.1) is 11.3 Å². The second-order valence-corrected chi connectivity index (χ2v) is 11.7. The Morgan fingerprint density at radius 3 is 2.24 bits per heavy atom. The highest BCUT2D eigenvalue weighted by Crippen LogP contribution is 2.41. The number of thiophene rings is 1. The fourth-order valence-corrected chi connectivity index (χ4v) is 7.34. The molecule has 1 aliphatic rings. The lowest BCUT2D eigenvalue weighted by atomic mass is 10.0. The number of dihydropyridines is 1. The van der Waals surface area contributed by atoms with Crippen LogP contribution in [0.5, 0.6) is 0 Å².